The fourth-order valence-electron chi connectivity index (χ4n) is 5.07. The van der Waals surface area contributed by atoms with Gasteiger partial charge in [-0.2, -0.15) is 0 Å². The van der Waals surface area contributed by atoms with Crippen molar-refractivity contribution in [1.82, 2.24) is 0 Å². The van der Waals surface area contributed by atoms with Gasteiger partial charge in [0, 0.05) is 42.5 Å². The molecule has 0 aromatic rings. The molecule has 0 aromatic carbocycles. The van der Waals surface area contributed by atoms with Crippen LogP contribution in [0.1, 0.15) is 25.7 Å². The van der Waals surface area contributed by atoms with Crippen LogP contribution < -0.4 is 0 Å². The number of thioether (sulfide) groups is 1. The van der Waals surface area contributed by atoms with E-state index in [1.54, 1.807) is 17.8 Å². The van der Waals surface area contributed by atoms with E-state index in [4.69, 9.17) is 36.8 Å². The lowest BCUT2D eigenvalue weighted by Crippen LogP contribution is -2.25. The van der Waals surface area contributed by atoms with E-state index in [0.29, 0.717) is 24.0 Å². The van der Waals surface area contributed by atoms with Crippen LogP contribution in [0, 0.1) is 11.8 Å². The molecule has 2 saturated heterocycles. The Morgan fingerprint density at radius 3 is 1.61 bits per heavy atom. The van der Waals surface area contributed by atoms with Gasteiger partial charge in [-0.1, -0.05) is 36.5 Å². The van der Waals surface area contributed by atoms with Crippen molar-refractivity contribution < 1.29 is 30.0 Å². The molecule has 6 aliphatic rings. The van der Waals surface area contributed by atoms with Gasteiger partial charge in [0.1, 0.15) is 5.25 Å². The normalized spacial score (nSPS) is 41.7. The van der Waals surface area contributed by atoms with E-state index >= 15 is 0 Å². The molecule has 0 N–H and O–H groups in total. The van der Waals surface area contributed by atoms with Crippen molar-refractivity contribution in [2.75, 3.05) is 0 Å². The zero-order valence-electron chi connectivity index (χ0n) is 17.1. The van der Waals surface area contributed by atoms with E-state index in [2.05, 4.69) is 12.2 Å². The van der Waals surface area contributed by atoms with Crippen molar-refractivity contribution in [3.63, 3.8) is 0 Å². The first kappa shape index (κ1) is 26.3. The summed E-state index contributed by atoms with van der Waals surface area (Å²) in [7, 11) is 5.64. The molecule has 2 aliphatic carbocycles. The highest BCUT2D eigenvalue weighted by Crippen LogP contribution is 2.45. The van der Waals surface area contributed by atoms with Crippen LogP contribution in [0.3, 0.4) is 0 Å². The Bertz CT molecular complexity index is 1030. The maximum absolute atomic E-state index is 11.0. The summed E-state index contributed by atoms with van der Waals surface area (Å²) < 4.78 is 70.8. The molecule has 0 radical (unpaired) electrons. The van der Waals surface area contributed by atoms with Gasteiger partial charge in [-0.05, 0) is 37.5 Å². The standard InChI is InChI=1S/C7H9ClO2S.C6H7ClO3S.C6H7ClO2S2/c8-11(9,10)7-4-5-1-2-6(7)3-5;2*7-11(8,9)6-3-4-1-2-5(6)10-4/h1-2,5-7H,3-4H2;2*1-2,4-6H,3H2. The maximum Gasteiger partial charge on any atom is 0.238 e. The van der Waals surface area contributed by atoms with E-state index in [1.165, 1.54) is 0 Å². The van der Waals surface area contributed by atoms with E-state index in [0.717, 1.165) is 12.8 Å². The lowest BCUT2D eigenvalue weighted by atomic mass is 10.1. The predicted octanol–water partition coefficient (Wildman–Crippen LogP) is 3.54. The number of allylic oxidation sites excluding steroid dienone is 2. The van der Waals surface area contributed by atoms with Crippen molar-refractivity contribution in [3.8, 4) is 0 Å². The summed E-state index contributed by atoms with van der Waals surface area (Å²) in [5.41, 5.74) is 0. The molecule has 9 atom stereocenters. The highest BCUT2D eigenvalue weighted by molar-refractivity contribution is 8.15. The monoisotopic (exact) mass is 596 g/mol. The Morgan fingerprint density at radius 1 is 0.667 bits per heavy atom. The molecule has 33 heavy (non-hydrogen) atoms. The lowest BCUT2D eigenvalue weighted by molar-refractivity contribution is 0.121. The quantitative estimate of drug-likeness (QED) is 0.359. The highest BCUT2D eigenvalue weighted by Gasteiger charge is 2.44. The Balaban J connectivity index is 0.000000118. The second-order valence-corrected chi connectivity index (χ2v) is 18.8. The summed E-state index contributed by atoms with van der Waals surface area (Å²) in [5.74, 6) is 0.668. The Kier molecular flexibility index (Phi) is 7.66. The average Bonchev–Trinajstić information content (AvgIpc) is 3.54. The number of halogens is 3. The van der Waals surface area contributed by atoms with Crippen LogP contribution in [0.15, 0.2) is 36.5 Å². The van der Waals surface area contributed by atoms with Crippen LogP contribution in [0.25, 0.3) is 0 Å². The third kappa shape index (κ3) is 6.15. The van der Waals surface area contributed by atoms with Crippen molar-refractivity contribution in [2.45, 2.75) is 64.1 Å². The molecule has 6 rings (SSSR count). The first-order valence-electron chi connectivity index (χ1n) is 10.4. The molecule has 0 spiro atoms. The van der Waals surface area contributed by atoms with Crippen molar-refractivity contribution in [3.05, 3.63) is 36.5 Å². The molecule has 6 bridgehead atoms. The summed E-state index contributed by atoms with van der Waals surface area (Å²) in [4.78, 5) is 0. The van der Waals surface area contributed by atoms with Gasteiger partial charge >= 0.3 is 0 Å². The molecule has 1 saturated carbocycles. The van der Waals surface area contributed by atoms with Gasteiger partial charge in [-0.15, -0.1) is 11.8 Å². The molecule has 4 heterocycles. The highest BCUT2D eigenvalue weighted by atomic mass is 35.7. The van der Waals surface area contributed by atoms with Gasteiger partial charge in [-0.25, -0.2) is 25.3 Å². The number of hydrogen-bond donors (Lipinski definition) is 0. The van der Waals surface area contributed by atoms with Crippen LogP contribution in [0.4, 0.5) is 0 Å². The van der Waals surface area contributed by atoms with Crippen molar-refractivity contribution in [2.24, 2.45) is 11.8 Å². The fourth-order valence-corrected chi connectivity index (χ4v) is 11.9. The van der Waals surface area contributed by atoms with Gasteiger partial charge in [0.2, 0.25) is 27.2 Å². The van der Waals surface area contributed by atoms with Crippen LogP contribution in [0.2, 0.25) is 0 Å². The molecule has 0 amide bonds. The first-order valence-corrected chi connectivity index (χ1v) is 18.4. The van der Waals surface area contributed by atoms with Gasteiger partial charge in [0.05, 0.1) is 22.7 Å². The number of ether oxygens (including phenoxy) is 1. The summed E-state index contributed by atoms with van der Waals surface area (Å²) in [6, 6.07) is 0. The number of rotatable bonds is 3. The second-order valence-electron chi connectivity index (χ2n) is 8.84. The second kappa shape index (κ2) is 9.61. The maximum atomic E-state index is 11.0. The molecular weight excluding hydrogens is 575 g/mol. The van der Waals surface area contributed by atoms with Crippen LogP contribution in [-0.2, 0) is 31.9 Å². The molecule has 14 heteroatoms. The zero-order chi connectivity index (χ0) is 24.2. The summed E-state index contributed by atoms with van der Waals surface area (Å²) in [6.07, 6.45) is 14.3. The third-order valence-electron chi connectivity index (χ3n) is 6.66. The topological polar surface area (TPSA) is 112 Å². The van der Waals surface area contributed by atoms with Gasteiger partial charge in [-0.3, -0.25) is 0 Å². The smallest absolute Gasteiger partial charge is 0.238 e. The molecule has 3 fully saturated rings. The van der Waals surface area contributed by atoms with Crippen molar-refractivity contribution in [1.29, 1.82) is 0 Å². The number of fused-ring (bicyclic) bond motifs is 6. The molecule has 4 aliphatic heterocycles. The van der Waals surface area contributed by atoms with E-state index in [-0.39, 0.29) is 33.9 Å². The minimum Gasteiger partial charge on any atom is -0.365 e. The fraction of sp³-hybridized carbons (Fsp3) is 0.684. The summed E-state index contributed by atoms with van der Waals surface area (Å²) in [5, 5.41) is -0.677. The molecule has 9 unspecified atom stereocenters. The van der Waals surface area contributed by atoms with E-state index in [9.17, 15) is 25.3 Å². The lowest BCUT2D eigenvalue weighted by Gasteiger charge is -2.13. The average molecular weight is 598 g/mol. The molecule has 7 nitrogen and oxygen atoms in total. The Hall–Kier alpha value is 0.250. The Labute approximate surface area is 212 Å². The zero-order valence-corrected chi connectivity index (χ0v) is 22.6. The molecule has 0 aromatic heterocycles. The predicted molar refractivity (Wildman–Crippen MR) is 132 cm³/mol. The molecule has 186 valence electrons. The van der Waals surface area contributed by atoms with E-state index in [1.807, 2.05) is 18.2 Å². The molecular formula is C19H23Cl3O7S4. The first-order chi connectivity index (χ1) is 15.2. The van der Waals surface area contributed by atoms with Crippen molar-refractivity contribution >= 4 is 71.0 Å². The van der Waals surface area contributed by atoms with Crippen LogP contribution >= 0.6 is 43.8 Å². The Morgan fingerprint density at radius 2 is 1.33 bits per heavy atom. The van der Waals surface area contributed by atoms with E-state index < -0.39 is 32.4 Å². The number of hydrogen-bond acceptors (Lipinski definition) is 8. The minimum atomic E-state index is -3.44. The van der Waals surface area contributed by atoms with Crippen LogP contribution in [0.5, 0.6) is 0 Å². The van der Waals surface area contributed by atoms with Gasteiger partial charge in [0.15, 0.2) is 0 Å². The summed E-state index contributed by atoms with van der Waals surface area (Å²) in [6.45, 7) is 0. The summed E-state index contributed by atoms with van der Waals surface area (Å²) >= 11 is 1.69. The van der Waals surface area contributed by atoms with Gasteiger partial charge in [0.25, 0.3) is 0 Å². The van der Waals surface area contributed by atoms with Gasteiger partial charge < -0.3 is 4.74 Å². The van der Waals surface area contributed by atoms with Crippen LogP contribution in [-0.4, -0.2) is 63.7 Å². The SMILES string of the molecule is O=S(=O)(Cl)C1CC2C=CC1C2.O=S(=O)(Cl)C1CC2C=CC1O2.O=S(=O)(Cl)C1CC2C=CC1S2. The largest absolute Gasteiger partial charge is 0.365 e. The minimum absolute atomic E-state index is 0.0291. The third-order valence-corrected chi connectivity index (χ3v) is 14.0.